The van der Waals surface area contributed by atoms with Crippen molar-refractivity contribution >= 4 is 11.0 Å². The van der Waals surface area contributed by atoms with Crippen molar-refractivity contribution in [3.63, 3.8) is 0 Å². The molecular formula is C53H51N3O. The zero-order chi connectivity index (χ0) is 42.5. The smallest absolute Gasteiger partial charge is 0.149 e. The van der Waals surface area contributed by atoms with Crippen molar-refractivity contribution in [3.8, 4) is 67.5 Å². The fourth-order valence-electron chi connectivity index (χ4n) is 7.91. The molecule has 0 aliphatic heterocycles. The Morgan fingerprint density at radius 1 is 0.667 bits per heavy atom. The van der Waals surface area contributed by atoms with Crippen LogP contribution in [0.4, 0.5) is 0 Å². The van der Waals surface area contributed by atoms with Crippen LogP contribution in [0.25, 0.3) is 72.7 Å². The summed E-state index contributed by atoms with van der Waals surface area (Å²) in [6, 6.07) is 45.4. The molecule has 284 valence electrons. The molecule has 0 radical (unpaired) electrons. The highest BCUT2D eigenvalue weighted by atomic mass is 16.3. The van der Waals surface area contributed by atoms with Crippen molar-refractivity contribution in [1.82, 2.24) is 14.5 Å². The van der Waals surface area contributed by atoms with Gasteiger partial charge in [-0.15, -0.1) is 0 Å². The van der Waals surface area contributed by atoms with E-state index in [1.165, 1.54) is 5.56 Å². The molecule has 0 atom stereocenters. The summed E-state index contributed by atoms with van der Waals surface area (Å²) in [6.07, 6.45) is 2.77. The summed E-state index contributed by atoms with van der Waals surface area (Å²) in [6.45, 7) is 13.0. The average molecular weight is 749 g/mol. The highest BCUT2D eigenvalue weighted by Gasteiger charge is 2.24. The number of aromatic nitrogens is 3. The molecule has 0 aliphatic rings. The molecule has 0 amide bonds. The van der Waals surface area contributed by atoms with Crippen LogP contribution in [0.5, 0.6) is 5.75 Å². The van der Waals surface area contributed by atoms with Crippen molar-refractivity contribution in [2.75, 3.05) is 0 Å². The first kappa shape index (κ1) is 34.0. The summed E-state index contributed by atoms with van der Waals surface area (Å²) in [4.78, 5) is 10.4. The molecular weight excluding hydrogens is 695 g/mol. The van der Waals surface area contributed by atoms with Gasteiger partial charge in [0.15, 0.2) is 0 Å². The zero-order valence-corrected chi connectivity index (χ0v) is 33.9. The van der Waals surface area contributed by atoms with Crippen molar-refractivity contribution in [2.24, 2.45) is 5.92 Å². The topological polar surface area (TPSA) is 50.9 Å². The Morgan fingerprint density at radius 3 is 2.18 bits per heavy atom. The molecule has 0 spiro atoms. The lowest BCUT2D eigenvalue weighted by Crippen LogP contribution is -2.11. The minimum atomic E-state index is -2.16. The van der Waals surface area contributed by atoms with E-state index in [0.29, 0.717) is 22.9 Å². The minimum absolute atomic E-state index is 0.181. The number of nitrogens with zero attached hydrogens (tertiary/aromatic N) is 3. The number of fused-ring (bicyclic) bond motifs is 1. The van der Waals surface area contributed by atoms with Gasteiger partial charge < -0.3 is 5.11 Å². The number of hydrogen-bond donors (Lipinski definition) is 1. The highest BCUT2D eigenvalue weighted by molar-refractivity contribution is 5.98. The van der Waals surface area contributed by atoms with Gasteiger partial charge in [-0.3, -0.25) is 9.55 Å². The number of para-hydroxylation sites is 1. The molecule has 1 N–H and O–H groups in total. The van der Waals surface area contributed by atoms with E-state index in [1.807, 2.05) is 49.5 Å². The summed E-state index contributed by atoms with van der Waals surface area (Å²) in [5.74, 6) is 1.38. The Hall–Kier alpha value is -6.26. The van der Waals surface area contributed by atoms with Gasteiger partial charge in [-0.05, 0) is 131 Å². The first-order valence-electron chi connectivity index (χ1n) is 21.3. The van der Waals surface area contributed by atoms with Crippen LogP contribution in [0.3, 0.4) is 0 Å². The van der Waals surface area contributed by atoms with Gasteiger partial charge in [0.25, 0.3) is 0 Å². The second kappa shape index (κ2) is 15.0. The van der Waals surface area contributed by atoms with Crippen molar-refractivity contribution in [1.29, 1.82) is 0 Å². The number of phenolic OH excluding ortho intramolecular Hbond substituents is 1. The molecule has 2 heterocycles. The maximum absolute atomic E-state index is 11.7. The molecule has 4 heteroatoms. The Morgan fingerprint density at radius 2 is 1.44 bits per heavy atom. The van der Waals surface area contributed by atoms with Crippen LogP contribution < -0.4 is 0 Å². The Bertz CT molecular complexity index is 2860. The fourth-order valence-corrected chi connectivity index (χ4v) is 7.91. The molecule has 0 bridgehead atoms. The van der Waals surface area contributed by atoms with Gasteiger partial charge in [-0.2, -0.15) is 0 Å². The summed E-state index contributed by atoms with van der Waals surface area (Å²) in [7, 11) is 0. The lowest BCUT2D eigenvalue weighted by atomic mass is 9.83. The van der Waals surface area contributed by atoms with Crippen LogP contribution in [0.2, 0.25) is 0 Å². The molecule has 8 aromatic rings. The van der Waals surface area contributed by atoms with Crippen LogP contribution in [0.1, 0.15) is 66.5 Å². The number of aromatic hydroxyl groups is 1. The Kier molecular flexibility index (Phi) is 8.96. The first-order chi connectivity index (χ1) is 28.5. The van der Waals surface area contributed by atoms with Crippen molar-refractivity contribution < 1.29 is 9.22 Å². The molecule has 0 aliphatic carbocycles. The highest BCUT2D eigenvalue weighted by Crippen LogP contribution is 2.43. The zero-order valence-electron chi connectivity index (χ0n) is 36.9. The molecule has 0 saturated carbocycles. The molecule has 57 heavy (non-hydrogen) atoms. The van der Waals surface area contributed by atoms with E-state index in [2.05, 4.69) is 131 Å². The van der Waals surface area contributed by atoms with Crippen LogP contribution in [0, 0.1) is 26.6 Å². The third kappa shape index (κ3) is 7.52. The second-order valence-corrected chi connectivity index (χ2v) is 16.8. The van der Waals surface area contributed by atoms with Gasteiger partial charge in [-0.25, -0.2) is 4.98 Å². The molecule has 6 aromatic carbocycles. The SMILES string of the molecule is [2H]C([2H])([2H])c1ccc(-c2ccnc(-c3cc(-c4cccc5c4nc(-c4cc(C)cc(C)c4O)n5-c4ccc(CC(C)C)cc4-c4ccccc4)cc(C(C)(C)C)c3)c2)cc1. The number of phenols is 1. The Balaban J connectivity index is 1.37. The molecule has 2 aromatic heterocycles. The normalized spacial score (nSPS) is 12.8. The van der Waals surface area contributed by atoms with Gasteiger partial charge in [0.2, 0.25) is 0 Å². The van der Waals surface area contributed by atoms with Gasteiger partial charge in [-0.1, -0.05) is 125 Å². The number of benzene rings is 6. The number of aryl methyl sites for hydroxylation is 3. The molecule has 4 nitrogen and oxygen atoms in total. The van der Waals surface area contributed by atoms with Gasteiger partial charge in [0, 0.05) is 27.0 Å². The van der Waals surface area contributed by atoms with E-state index in [0.717, 1.165) is 84.5 Å². The molecule has 8 rings (SSSR count). The summed E-state index contributed by atoms with van der Waals surface area (Å²) in [5, 5.41) is 11.7. The number of rotatable bonds is 8. The molecule has 0 unspecified atom stereocenters. The van der Waals surface area contributed by atoms with E-state index in [9.17, 15) is 5.11 Å². The van der Waals surface area contributed by atoms with Crippen LogP contribution in [-0.4, -0.2) is 19.6 Å². The molecule has 0 saturated heterocycles. The van der Waals surface area contributed by atoms with Crippen LogP contribution >= 0.6 is 0 Å². The second-order valence-electron chi connectivity index (χ2n) is 16.8. The van der Waals surface area contributed by atoms with E-state index in [4.69, 9.17) is 14.1 Å². The van der Waals surface area contributed by atoms with Crippen molar-refractivity contribution in [2.45, 2.75) is 67.2 Å². The first-order valence-corrected chi connectivity index (χ1v) is 19.8. The number of pyridine rings is 1. The fraction of sp³-hybridized carbons (Fsp3) is 0.208. The molecule has 0 fully saturated rings. The monoisotopic (exact) mass is 748 g/mol. The average Bonchev–Trinajstić information content (AvgIpc) is 3.61. The van der Waals surface area contributed by atoms with Crippen molar-refractivity contribution in [3.05, 3.63) is 167 Å². The van der Waals surface area contributed by atoms with E-state index < -0.39 is 6.85 Å². The minimum Gasteiger partial charge on any atom is -0.507 e. The summed E-state index contributed by atoms with van der Waals surface area (Å²) in [5.41, 5.74) is 15.6. The largest absolute Gasteiger partial charge is 0.507 e. The lowest BCUT2D eigenvalue weighted by Gasteiger charge is -2.22. The quantitative estimate of drug-likeness (QED) is 0.168. The maximum atomic E-state index is 11.7. The van der Waals surface area contributed by atoms with Gasteiger partial charge in [0.05, 0.1) is 28.0 Å². The predicted molar refractivity (Wildman–Crippen MR) is 239 cm³/mol. The van der Waals surface area contributed by atoms with Gasteiger partial charge >= 0.3 is 0 Å². The third-order valence-electron chi connectivity index (χ3n) is 10.8. The van der Waals surface area contributed by atoms with E-state index in [1.54, 1.807) is 12.1 Å². The van der Waals surface area contributed by atoms with Crippen LogP contribution in [-0.2, 0) is 11.8 Å². The predicted octanol–water partition coefficient (Wildman–Crippen LogP) is 13.9. The third-order valence-corrected chi connectivity index (χ3v) is 10.8. The lowest BCUT2D eigenvalue weighted by molar-refractivity contribution is 0.472. The standard InChI is InChI=1S/C53H51N3O/c1-33(2)25-37-19-22-48(45(28-37)39-13-10-9-11-14-39)56-49-16-12-15-44(50(49)55-52(56)46-27-35(4)26-36(5)51(46)57)41-29-42(31-43(30-41)53(6,7)8)47-32-40(23-24-54-47)38-20-17-34(3)18-21-38/h9-24,26-33,57H,25H2,1-8H3/i3D3. The summed E-state index contributed by atoms with van der Waals surface area (Å²) >= 11 is 0. The Labute approximate surface area is 341 Å². The van der Waals surface area contributed by atoms with E-state index >= 15 is 0 Å². The maximum Gasteiger partial charge on any atom is 0.149 e. The summed E-state index contributed by atoms with van der Waals surface area (Å²) < 4.78 is 25.7. The van der Waals surface area contributed by atoms with E-state index in [-0.39, 0.29) is 11.2 Å². The van der Waals surface area contributed by atoms with Crippen LogP contribution in [0.15, 0.2) is 140 Å². The number of imidazole rings is 1. The number of hydrogen-bond acceptors (Lipinski definition) is 3. The van der Waals surface area contributed by atoms with Gasteiger partial charge in [0.1, 0.15) is 11.6 Å².